The van der Waals surface area contributed by atoms with Crippen molar-refractivity contribution in [3.05, 3.63) is 33.8 Å². The second-order valence-electron chi connectivity index (χ2n) is 9.76. The molecule has 1 aromatic carbocycles. The Hall–Kier alpha value is -1.81. The lowest BCUT2D eigenvalue weighted by Gasteiger charge is -2.50. The molecule has 2 aliphatic rings. The van der Waals surface area contributed by atoms with Crippen LogP contribution in [-0.2, 0) is 18.9 Å². The molecule has 3 rings (SSSR count). The van der Waals surface area contributed by atoms with Crippen LogP contribution >= 0.6 is 23.2 Å². The SMILES string of the molecule is CC(C)C[C@H](NC(=O)CNC(=O)c1cc(Cl)ccc1Cl)[B-]12OC(=O)[C@H](C)[N+]1(C)[C@H](C)[C@@H](C)O2. The molecule has 1 aromatic rings. The molecule has 0 aliphatic carbocycles. The average Bonchev–Trinajstić information content (AvgIpc) is 3.06. The summed E-state index contributed by atoms with van der Waals surface area (Å²) in [5.41, 5.74) is 0.183. The minimum atomic E-state index is -2.20. The molecule has 33 heavy (non-hydrogen) atoms. The quantitative estimate of drug-likeness (QED) is 0.562. The second kappa shape index (κ2) is 9.45. The maximum absolute atomic E-state index is 12.9. The Morgan fingerprint density at radius 1 is 1.21 bits per heavy atom. The first-order chi connectivity index (χ1) is 15.3. The van der Waals surface area contributed by atoms with Crippen molar-refractivity contribution >= 4 is 47.7 Å². The fourth-order valence-corrected chi connectivity index (χ4v) is 5.60. The maximum Gasteiger partial charge on any atom is 0.550 e. The van der Waals surface area contributed by atoms with Gasteiger partial charge < -0.3 is 24.3 Å². The van der Waals surface area contributed by atoms with Crippen molar-refractivity contribution in [1.82, 2.24) is 10.6 Å². The number of fused-ring (bicyclic) bond motifs is 1. The van der Waals surface area contributed by atoms with Gasteiger partial charge in [0.1, 0.15) is 6.04 Å². The number of nitrogens with one attached hydrogen (secondary N) is 2. The first-order valence-electron chi connectivity index (χ1n) is 11.3. The summed E-state index contributed by atoms with van der Waals surface area (Å²) >= 11 is 12.0. The first-order valence-corrected chi connectivity index (χ1v) is 12.0. The van der Waals surface area contributed by atoms with Gasteiger partial charge in [0, 0.05) is 18.0 Å². The summed E-state index contributed by atoms with van der Waals surface area (Å²) in [6.07, 6.45) is 0.398. The van der Waals surface area contributed by atoms with Gasteiger partial charge in [0.25, 0.3) is 5.91 Å². The van der Waals surface area contributed by atoms with Crippen molar-refractivity contribution < 1.29 is 28.1 Å². The van der Waals surface area contributed by atoms with E-state index in [0.29, 0.717) is 11.4 Å². The van der Waals surface area contributed by atoms with Gasteiger partial charge in [-0.3, -0.25) is 9.59 Å². The van der Waals surface area contributed by atoms with Crippen molar-refractivity contribution in [2.45, 2.75) is 65.2 Å². The third kappa shape index (κ3) is 4.48. The maximum atomic E-state index is 12.9. The first kappa shape index (κ1) is 25.8. The Labute approximate surface area is 204 Å². The summed E-state index contributed by atoms with van der Waals surface area (Å²) in [5, 5.41) is 6.17. The Balaban J connectivity index is 1.80. The highest BCUT2D eigenvalue weighted by Crippen LogP contribution is 2.46. The standard InChI is InChI=1S/C22H32BCl2N3O5/c1-12(2)9-19(23-28(6,13(3)15(5)32-23)14(4)22(31)33-23)27-20(29)11-26-21(30)17-10-16(24)7-8-18(17)25/h7-8,10,12-15,19H,9,11H2,1-6H3,(H,26,30)(H,27,29)/t13-,14+,15-,19+,23?,28?/m1/s1. The van der Waals surface area contributed by atoms with Crippen molar-refractivity contribution in [2.75, 3.05) is 13.6 Å². The average molecular weight is 500 g/mol. The van der Waals surface area contributed by atoms with Gasteiger partial charge in [-0.1, -0.05) is 43.5 Å². The molecule has 8 nitrogen and oxygen atoms in total. The molecule has 11 heteroatoms. The van der Waals surface area contributed by atoms with E-state index >= 15 is 0 Å². The predicted octanol–water partition coefficient (Wildman–Crippen LogP) is 2.93. The van der Waals surface area contributed by atoms with Gasteiger partial charge in [-0.25, -0.2) is 4.79 Å². The van der Waals surface area contributed by atoms with Gasteiger partial charge in [-0.2, -0.15) is 0 Å². The van der Waals surface area contributed by atoms with E-state index in [9.17, 15) is 14.4 Å². The largest absolute Gasteiger partial charge is 0.609 e. The zero-order valence-electron chi connectivity index (χ0n) is 19.9. The van der Waals surface area contributed by atoms with Gasteiger partial charge in [0.15, 0.2) is 0 Å². The number of halogens is 2. The second-order valence-corrected chi connectivity index (χ2v) is 10.6. The van der Waals surface area contributed by atoms with E-state index < -0.39 is 30.5 Å². The number of likely N-dealkylation sites (N-methyl/N-ethyl adjacent to an activating group) is 1. The topological polar surface area (TPSA) is 93.7 Å². The summed E-state index contributed by atoms with van der Waals surface area (Å²) < 4.78 is 12.6. The van der Waals surface area contributed by atoms with Crippen molar-refractivity contribution in [1.29, 1.82) is 0 Å². The molecule has 0 bridgehead atoms. The number of carbonyl (C=O) groups is 3. The van der Waals surface area contributed by atoms with Crippen LogP contribution < -0.4 is 10.6 Å². The van der Waals surface area contributed by atoms with Crippen molar-refractivity contribution in [3.8, 4) is 0 Å². The molecule has 0 radical (unpaired) electrons. The lowest BCUT2D eigenvalue weighted by Crippen LogP contribution is -2.74. The van der Waals surface area contributed by atoms with Gasteiger partial charge in [-0.05, 0) is 44.9 Å². The molecule has 2 aliphatic heterocycles. The van der Waals surface area contributed by atoms with E-state index in [2.05, 4.69) is 10.6 Å². The van der Waals surface area contributed by atoms with Crippen LogP contribution in [0.15, 0.2) is 18.2 Å². The molecule has 0 saturated carbocycles. The normalized spacial score (nSPS) is 31.8. The summed E-state index contributed by atoms with van der Waals surface area (Å²) in [6, 6.07) is 4.13. The lowest BCUT2D eigenvalue weighted by atomic mass is 9.57. The number of benzene rings is 1. The number of quaternary nitrogens is 1. The molecule has 2 unspecified atom stereocenters. The number of rotatable bonds is 7. The van der Waals surface area contributed by atoms with Crippen LogP contribution in [-0.4, -0.2) is 66.6 Å². The van der Waals surface area contributed by atoms with Crippen molar-refractivity contribution in [2.24, 2.45) is 5.92 Å². The number of nitrogens with zero attached hydrogens (tertiary/aromatic N) is 1. The van der Waals surface area contributed by atoms with Gasteiger partial charge in [0.2, 0.25) is 5.91 Å². The smallest absolute Gasteiger partial charge is 0.550 e. The Morgan fingerprint density at radius 3 is 2.52 bits per heavy atom. The van der Waals surface area contributed by atoms with Gasteiger partial charge in [-0.15, -0.1) is 0 Å². The van der Waals surface area contributed by atoms with Crippen LogP contribution in [0.3, 0.4) is 0 Å². The number of hydrogen-bond acceptors (Lipinski definition) is 5. The highest BCUT2D eigenvalue weighted by molar-refractivity contribution is 6.65. The van der Waals surface area contributed by atoms with Crippen LogP contribution in [0.25, 0.3) is 0 Å². The molecule has 2 N–H and O–H groups in total. The van der Waals surface area contributed by atoms with E-state index in [4.69, 9.17) is 32.5 Å². The van der Waals surface area contributed by atoms with Crippen LogP contribution in [0.1, 0.15) is 51.4 Å². The number of amides is 2. The fraction of sp³-hybridized carbons (Fsp3) is 0.591. The summed E-state index contributed by atoms with van der Waals surface area (Å²) in [5.74, 6) is -1.60. The van der Waals surface area contributed by atoms with Gasteiger partial charge in [0.05, 0.1) is 29.3 Å². The highest BCUT2D eigenvalue weighted by atomic mass is 35.5. The van der Waals surface area contributed by atoms with E-state index in [-0.39, 0.29) is 45.6 Å². The fourth-order valence-electron chi connectivity index (χ4n) is 5.22. The molecule has 2 amide bonds. The number of hydrogen-bond donors (Lipinski definition) is 2. The molecule has 6 atom stereocenters. The zero-order chi connectivity index (χ0) is 24.7. The van der Waals surface area contributed by atoms with E-state index in [1.165, 1.54) is 12.1 Å². The molecule has 2 fully saturated rings. The van der Waals surface area contributed by atoms with Crippen LogP contribution in [0, 0.1) is 5.92 Å². The monoisotopic (exact) mass is 499 g/mol. The van der Waals surface area contributed by atoms with Crippen LogP contribution in [0.2, 0.25) is 10.0 Å². The van der Waals surface area contributed by atoms with E-state index in [0.717, 1.165) is 0 Å². The van der Waals surface area contributed by atoms with E-state index in [1.54, 1.807) is 6.07 Å². The number of carbonyl (C=O) groups excluding carboxylic acids is 3. The molecule has 2 heterocycles. The van der Waals surface area contributed by atoms with Gasteiger partial charge >= 0.3 is 12.7 Å². The molecule has 0 aromatic heterocycles. The highest BCUT2D eigenvalue weighted by Gasteiger charge is 2.72. The zero-order valence-corrected chi connectivity index (χ0v) is 21.4. The summed E-state index contributed by atoms with van der Waals surface area (Å²) in [6.45, 7) is 7.41. The summed E-state index contributed by atoms with van der Waals surface area (Å²) in [4.78, 5) is 38.1. The predicted molar refractivity (Wildman–Crippen MR) is 128 cm³/mol. The molecular formula is C22H32BCl2N3O5. The van der Waals surface area contributed by atoms with Crippen molar-refractivity contribution in [3.63, 3.8) is 0 Å². The third-order valence-corrected chi connectivity index (χ3v) is 7.93. The molecule has 2 saturated heterocycles. The van der Waals surface area contributed by atoms with E-state index in [1.807, 2.05) is 41.7 Å². The minimum absolute atomic E-state index is 0.00249. The molecular weight excluding hydrogens is 468 g/mol. The Bertz CT molecular complexity index is 964. The molecule has 0 spiro atoms. The third-order valence-electron chi connectivity index (χ3n) is 7.37. The summed E-state index contributed by atoms with van der Waals surface area (Å²) in [7, 11) is 1.96. The van der Waals surface area contributed by atoms with Crippen LogP contribution in [0.5, 0.6) is 0 Å². The Morgan fingerprint density at radius 2 is 1.88 bits per heavy atom. The van der Waals surface area contributed by atoms with Crippen LogP contribution in [0.4, 0.5) is 0 Å². The minimum Gasteiger partial charge on any atom is -0.609 e. The lowest BCUT2D eigenvalue weighted by molar-refractivity contribution is -0.846. The Kier molecular flexibility index (Phi) is 7.39. The molecule has 182 valence electrons.